The van der Waals surface area contributed by atoms with Crippen molar-refractivity contribution < 1.29 is 4.79 Å². The van der Waals surface area contributed by atoms with Crippen molar-refractivity contribution in [2.75, 3.05) is 11.1 Å². The molecule has 0 spiro atoms. The monoisotopic (exact) mass is 328 g/mol. The number of hydrogen-bond donors (Lipinski definition) is 2. The van der Waals surface area contributed by atoms with E-state index in [-0.39, 0.29) is 15.6 Å². The molecule has 0 heterocycles. The molecule has 0 saturated heterocycles. The van der Waals surface area contributed by atoms with Crippen LogP contribution in [0.2, 0.25) is 15.1 Å². The SMILES string of the molecule is Cc1ccc(Cl)c(NC(=O)c2cc(N)cc(Cl)c2Cl)c1. The van der Waals surface area contributed by atoms with Gasteiger partial charge < -0.3 is 11.1 Å². The van der Waals surface area contributed by atoms with Gasteiger partial charge in [0.25, 0.3) is 5.91 Å². The molecule has 0 fully saturated rings. The van der Waals surface area contributed by atoms with Gasteiger partial charge in [0.1, 0.15) is 0 Å². The Balaban J connectivity index is 2.35. The molecular formula is C14H11Cl3N2O. The Hall–Kier alpha value is -1.42. The average molecular weight is 330 g/mol. The van der Waals surface area contributed by atoms with Gasteiger partial charge in [0, 0.05) is 5.69 Å². The Labute approximate surface area is 131 Å². The molecule has 2 aromatic rings. The number of rotatable bonds is 2. The number of anilines is 2. The molecule has 0 aliphatic heterocycles. The Morgan fingerprint density at radius 3 is 2.50 bits per heavy atom. The van der Waals surface area contributed by atoms with E-state index < -0.39 is 5.91 Å². The first-order chi connectivity index (χ1) is 9.38. The molecule has 0 unspecified atom stereocenters. The zero-order chi connectivity index (χ0) is 14.9. The van der Waals surface area contributed by atoms with Gasteiger partial charge in [0.05, 0.1) is 26.3 Å². The van der Waals surface area contributed by atoms with Crippen LogP contribution >= 0.6 is 34.8 Å². The number of nitrogen functional groups attached to an aromatic ring is 1. The molecule has 3 nitrogen and oxygen atoms in total. The zero-order valence-electron chi connectivity index (χ0n) is 10.5. The van der Waals surface area contributed by atoms with E-state index in [1.165, 1.54) is 12.1 Å². The van der Waals surface area contributed by atoms with Gasteiger partial charge in [-0.2, -0.15) is 0 Å². The van der Waals surface area contributed by atoms with E-state index in [4.69, 9.17) is 40.5 Å². The highest BCUT2D eigenvalue weighted by Gasteiger charge is 2.15. The van der Waals surface area contributed by atoms with Crippen LogP contribution in [0, 0.1) is 6.92 Å². The minimum Gasteiger partial charge on any atom is -0.399 e. The number of nitrogens with two attached hydrogens (primary N) is 1. The summed E-state index contributed by atoms with van der Waals surface area (Å²) in [5.41, 5.74) is 7.71. The van der Waals surface area contributed by atoms with Crippen LogP contribution in [0.5, 0.6) is 0 Å². The van der Waals surface area contributed by atoms with Crippen molar-refractivity contribution in [3.63, 3.8) is 0 Å². The molecule has 0 aliphatic carbocycles. The van der Waals surface area contributed by atoms with Gasteiger partial charge in [-0.05, 0) is 36.8 Å². The van der Waals surface area contributed by atoms with E-state index >= 15 is 0 Å². The van der Waals surface area contributed by atoms with E-state index in [2.05, 4.69) is 5.32 Å². The van der Waals surface area contributed by atoms with Gasteiger partial charge in [-0.15, -0.1) is 0 Å². The van der Waals surface area contributed by atoms with E-state index in [1.54, 1.807) is 12.1 Å². The van der Waals surface area contributed by atoms with Crippen LogP contribution in [0.25, 0.3) is 0 Å². The van der Waals surface area contributed by atoms with Gasteiger partial charge in [0.2, 0.25) is 0 Å². The lowest BCUT2D eigenvalue weighted by Gasteiger charge is -2.10. The summed E-state index contributed by atoms with van der Waals surface area (Å²) in [5, 5.41) is 3.52. The second-order valence-electron chi connectivity index (χ2n) is 4.30. The van der Waals surface area contributed by atoms with Crippen LogP contribution < -0.4 is 11.1 Å². The Kier molecular flexibility index (Phi) is 4.43. The van der Waals surface area contributed by atoms with Crippen LogP contribution in [0.4, 0.5) is 11.4 Å². The van der Waals surface area contributed by atoms with Crippen molar-refractivity contribution in [1.29, 1.82) is 0 Å². The van der Waals surface area contributed by atoms with Crippen molar-refractivity contribution in [3.05, 3.63) is 56.5 Å². The second-order valence-corrected chi connectivity index (χ2v) is 5.49. The van der Waals surface area contributed by atoms with Crippen molar-refractivity contribution in [2.24, 2.45) is 0 Å². The summed E-state index contributed by atoms with van der Waals surface area (Å²) in [6.07, 6.45) is 0. The standard InChI is InChI=1S/C14H11Cl3N2O/c1-7-2-3-10(15)12(4-7)19-14(20)9-5-8(18)6-11(16)13(9)17/h2-6H,18H2,1H3,(H,19,20). The fourth-order valence-electron chi connectivity index (χ4n) is 1.70. The first kappa shape index (κ1) is 15.0. The fourth-order valence-corrected chi connectivity index (χ4v) is 2.29. The predicted molar refractivity (Wildman–Crippen MR) is 85.0 cm³/mol. The van der Waals surface area contributed by atoms with Gasteiger partial charge >= 0.3 is 0 Å². The maximum absolute atomic E-state index is 12.2. The largest absolute Gasteiger partial charge is 0.399 e. The van der Waals surface area contributed by atoms with Gasteiger partial charge in [0.15, 0.2) is 0 Å². The summed E-state index contributed by atoms with van der Waals surface area (Å²) < 4.78 is 0. The minimum absolute atomic E-state index is 0.155. The predicted octanol–water partition coefficient (Wildman–Crippen LogP) is 4.79. The number of carbonyl (C=O) groups excluding carboxylic acids is 1. The molecule has 0 radical (unpaired) electrons. The van der Waals surface area contributed by atoms with Crippen molar-refractivity contribution in [1.82, 2.24) is 0 Å². The number of carbonyl (C=O) groups is 1. The van der Waals surface area contributed by atoms with Crippen LogP contribution in [0.3, 0.4) is 0 Å². The average Bonchev–Trinajstić information content (AvgIpc) is 2.38. The Morgan fingerprint density at radius 2 is 1.80 bits per heavy atom. The summed E-state index contributed by atoms with van der Waals surface area (Å²) >= 11 is 18.0. The first-order valence-corrected chi connectivity index (χ1v) is 6.84. The quantitative estimate of drug-likeness (QED) is 0.778. The molecular weight excluding hydrogens is 319 g/mol. The molecule has 3 N–H and O–H groups in total. The molecule has 20 heavy (non-hydrogen) atoms. The second kappa shape index (κ2) is 5.92. The van der Waals surface area contributed by atoms with E-state index in [0.29, 0.717) is 16.4 Å². The summed E-state index contributed by atoms with van der Waals surface area (Å²) in [5.74, 6) is -0.420. The number of halogens is 3. The normalized spacial score (nSPS) is 10.4. The summed E-state index contributed by atoms with van der Waals surface area (Å²) in [6, 6.07) is 8.28. The number of aryl methyl sites for hydroxylation is 1. The van der Waals surface area contributed by atoms with Crippen LogP contribution in [0.15, 0.2) is 30.3 Å². The number of benzene rings is 2. The lowest BCUT2D eigenvalue weighted by molar-refractivity contribution is 0.102. The fraction of sp³-hybridized carbons (Fsp3) is 0.0714. The smallest absolute Gasteiger partial charge is 0.257 e. The third kappa shape index (κ3) is 3.18. The topological polar surface area (TPSA) is 55.1 Å². The molecule has 0 saturated carbocycles. The highest BCUT2D eigenvalue weighted by atomic mass is 35.5. The van der Waals surface area contributed by atoms with Gasteiger partial charge in [-0.25, -0.2) is 0 Å². The first-order valence-electron chi connectivity index (χ1n) is 5.70. The third-order valence-electron chi connectivity index (χ3n) is 2.67. The van der Waals surface area contributed by atoms with E-state index in [0.717, 1.165) is 5.56 Å². The minimum atomic E-state index is -0.420. The molecule has 0 bridgehead atoms. The number of hydrogen-bond acceptors (Lipinski definition) is 2. The van der Waals surface area contributed by atoms with Crippen molar-refractivity contribution in [2.45, 2.75) is 6.92 Å². The molecule has 1 amide bonds. The van der Waals surface area contributed by atoms with Crippen LogP contribution in [-0.2, 0) is 0 Å². The maximum atomic E-state index is 12.2. The number of nitrogens with one attached hydrogen (secondary N) is 1. The Morgan fingerprint density at radius 1 is 1.10 bits per heavy atom. The van der Waals surface area contributed by atoms with Crippen molar-refractivity contribution in [3.8, 4) is 0 Å². The zero-order valence-corrected chi connectivity index (χ0v) is 12.8. The van der Waals surface area contributed by atoms with Gasteiger partial charge in [-0.1, -0.05) is 40.9 Å². The molecule has 0 aromatic heterocycles. The van der Waals surface area contributed by atoms with E-state index in [1.807, 2.05) is 13.0 Å². The summed E-state index contributed by atoms with van der Waals surface area (Å²) in [6.45, 7) is 1.90. The molecule has 2 rings (SSSR count). The highest BCUT2D eigenvalue weighted by Crippen LogP contribution is 2.30. The maximum Gasteiger partial charge on any atom is 0.257 e. The molecule has 0 atom stereocenters. The molecule has 0 aliphatic rings. The summed E-state index contributed by atoms with van der Waals surface area (Å²) in [4.78, 5) is 12.2. The molecule has 2 aromatic carbocycles. The highest BCUT2D eigenvalue weighted by molar-refractivity contribution is 6.44. The summed E-state index contributed by atoms with van der Waals surface area (Å²) in [7, 11) is 0. The van der Waals surface area contributed by atoms with E-state index in [9.17, 15) is 4.79 Å². The number of amides is 1. The van der Waals surface area contributed by atoms with Crippen LogP contribution in [0.1, 0.15) is 15.9 Å². The lowest BCUT2D eigenvalue weighted by atomic mass is 10.1. The molecule has 6 heteroatoms. The van der Waals surface area contributed by atoms with Gasteiger partial charge in [-0.3, -0.25) is 4.79 Å². The third-order valence-corrected chi connectivity index (χ3v) is 3.80. The lowest BCUT2D eigenvalue weighted by Crippen LogP contribution is -2.13. The van der Waals surface area contributed by atoms with Crippen molar-refractivity contribution >= 4 is 52.1 Å². The Bertz CT molecular complexity index is 686. The molecule has 104 valence electrons. The van der Waals surface area contributed by atoms with Crippen LogP contribution in [-0.4, -0.2) is 5.91 Å².